The normalized spacial score (nSPS) is 26.5. The van der Waals surface area contributed by atoms with Crippen molar-refractivity contribution in [3.63, 3.8) is 0 Å². The number of fused-ring (bicyclic) bond motifs is 1. The van der Waals surface area contributed by atoms with Gasteiger partial charge in [-0.1, -0.05) is 25.1 Å². The van der Waals surface area contributed by atoms with E-state index in [1.165, 1.54) is 0 Å². The highest BCUT2D eigenvalue weighted by Gasteiger charge is 2.46. The van der Waals surface area contributed by atoms with Crippen LogP contribution in [-0.2, 0) is 9.59 Å². The van der Waals surface area contributed by atoms with Gasteiger partial charge in [-0.05, 0) is 25.0 Å². The van der Waals surface area contributed by atoms with Crippen molar-refractivity contribution in [2.24, 2.45) is 0 Å². The van der Waals surface area contributed by atoms with E-state index in [2.05, 4.69) is 10.6 Å². The summed E-state index contributed by atoms with van der Waals surface area (Å²) in [5.41, 5.74) is 0. The molecular weight excluding hydrogens is 298 g/mol. The SMILES string of the molecule is CC[C@@H]1NC(=O)[C@@H]2C[C@H](NC(=O)Oc3ccccc3)CN2C1=O. The Kier molecular flexibility index (Phi) is 4.18. The molecule has 2 N–H and O–H groups in total. The van der Waals surface area contributed by atoms with E-state index in [9.17, 15) is 14.4 Å². The quantitative estimate of drug-likeness (QED) is 0.857. The number of piperazine rings is 1. The average molecular weight is 317 g/mol. The summed E-state index contributed by atoms with van der Waals surface area (Å²) in [4.78, 5) is 37.8. The first-order valence-electron chi connectivity index (χ1n) is 7.72. The molecule has 2 saturated heterocycles. The molecule has 0 aromatic heterocycles. The second kappa shape index (κ2) is 6.28. The lowest BCUT2D eigenvalue weighted by Gasteiger charge is -2.33. The number of nitrogens with one attached hydrogen (secondary N) is 2. The summed E-state index contributed by atoms with van der Waals surface area (Å²) >= 11 is 0. The van der Waals surface area contributed by atoms with Gasteiger partial charge in [-0.3, -0.25) is 9.59 Å². The zero-order chi connectivity index (χ0) is 16.4. The van der Waals surface area contributed by atoms with Crippen molar-refractivity contribution in [3.05, 3.63) is 30.3 Å². The zero-order valence-electron chi connectivity index (χ0n) is 12.8. The highest BCUT2D eigenvalue weighted by molar-refractivity contribution is 5.97. The largest absolute Gasteiger partial charge is 0.412 e. The molecule has 2 aliphatic heterocycles. The summed E-state index contributed by atoms with van der Waals surface area (Å²) < 4.78 is 5.17. The summed E-state index contributed by atoms with van der Waals surface area (Å²) in [5, 5.41) is 5.45. The molecule has 0 spiro atoms. The van der Waals surface area contributed by atoms with Crippen molar-refractivity contribution in [1.29, 1.82) is 0 Å². The van der Waals surface area contributed by atoms with Crippen LogP contribution in [0.1, 0.15) is 19.8 Å². The van der Waals surface area contributed by atoms with Crippen molar-refractivity contribution in [2.75, 3.05) is 6.54 Å². The minimum Gasteiger partial charge on any atom is -0.410 e. The smallest absolute Gasteiger partial charge is 0.410 e. The van der Waals surface area contributed by atoms with Crippen molar-refractivity contribution < 1.29 is 19.1 Å². The van der Waals surface area contributed by atoms with Crippen LogP contribution < -0.4 is 15.4 Å². The van der Waals surface area contributed by atoms with Gasteiger partial charge < -0.3 is 20.3 Å². The maximum atomic E-state index is 12.3. The Morgan fingerprint density at radius 3 is 2.78 bits per heavy atom. The molecule has 0 saturated carbocycles. The predicted molar refractivity (Wildman–Crippen MR) is 81.7 cm³/mol. The maximum Gasteiger partial charge on any atom is 0.412 e. The summed E-state index contributed by atoms with van der Waals surface area (Å²) in [5.74, 6) is 0.204. The summed E-state index contributed by atoms with van der Waals surface area (Å²) in [6.07, 6.45) is 0.376. The number of hydrogen-bond donors (Lipinski definition) is 2. The Morgan fingerprint density at radius 1 is 1.35 bits per heavy atom. The molecule has 2 aliphatic rings. The molecule has 0 aliphatic carbocycles. The molecule has 7 nitrogen and oxygen atoms in total. The highest BCUT2D eigenvalue weighted by Crippen LogP contribution is 2.23. The van der Waals surface area contributed by atoms with Gasteiger partial charge in [0.2, 0.25) is 11.8 Å². The molecule has 2 heterocycles. The topological polar surface area (TPSA) is 87.7 Å². The molecule has 0 unspecified atom stereocenters. The molecule has 1 aromatic rings. The Labute approximate surface area is 134 Å². The van der Waals surface area contributed by atoms with E-state index in [1.807, 2.05) is 13.0 Å². The number of hydrogen-bond acceptors (Lipinski definition) is 4. The Morgan fingerprint density at radius 2 is 2.09 bits per heavy atom. The fourth-order valence-electron chi connectivity index (χ4n) is 3.03. The van der Waals surface area contributed by atoms with E-state index < -0.39 is 18.2 Å². The summed E-state index contributed by atoms with van der Waals surface area (Å²) in [7, 11) is 0. The van der Waals surface area contributed by atoms with Crippen molar-refractivity contribution in [3.8, 4) is 5.75 Å². The molecule has 3 atom stereocenters. The molecule has 0 radical (unpaired) electrons. The van der Waals surface area contributed by atoms with Gasteiger partial charge in [0.15, 0.2) is 0 Å². The minimum absolute atomic E-state index is 0.0853. The molecule has 3 rings (SSSR count). The molecule has 0 bridgehead atoms. The van der Waals surface area contributed by atoms with Gasteiger partial charge in [0.05, 0.1) is 6.04 Å². The predicted octanol–water partition coefficient (Wildman–Crippen LogP) is 0.653. The average Bonchev–Trinajstić information content (AvgIpc) is 2.96. The first-order chi connectivity index (χ1) is 11.1. The number of carbonyl (C=O) groups is 3. The van der Waals surface area contributed by atoms with Gasteiger partial charge in [0.1, 0.15) is 17.8 Å². The summed E-state index contributed by atoms with van der Waals surface area (Å²) in [6, 6.07) is 7.47. The molecular formula is C16H19N3O4. The van der Waals surface area contributed by atoms with Crippen LogP contribution >= 0.6 is 0 Å². The molecule has 3 amide bonds. The van der Waals surface area contributed by atoms with Crippen LogP contribution in [-0.4, -0.2) is 47.5 Å². The molecule has 2 fully saturated rings. The second-order valence-corrected chi connectivity index (χ2v) is 5.76. The van der Waals surface area contributed by atoms with E-state index in [4.69, 9.17) is 4.74 Å². The van der Waals surface area contributed by atoms with Crippen LogP contribution in [0, 0.1) is 0 Å². The van der Waals surface area contributed by atoms with Crippen LogP contribution in [0.2, 0.25) is 0 Å². The van der Waals surface area contributed by atoms with Crippen LogP contribution in [0.4, 0.5) is 4.79 Å². The Bertz CT molecular complexity index is 619. The number of rotatable bonds is 3. The third kappa shape index (κ3) is 3.13. The van der Waals surface area contributed by atoms with E-state index >= 15 is 0 Å². The minimum atomic E-state index is -0.582. The third-order valence-corrected chi connectivity index (χ3v) is 4.19. The van der Waals surface area contributed by atoms with Gasteiger partial charge in [-0.25, -0.2) is 4.79 Å². The van der Waals surface area contributed by atoms with Gasteiger partial charge in [-0.2, -0.15) is 0 Å². The van der Waals surface area contributed by atoms with Crippen LogP contribution in [0.25, 0.3) is 0 Å². The zero-order valence-corrected chi connectivity index (χ0v) is 12.8. The van der Waals surface area contributed by atoms with Crippen molar-refractivity contribution in [2.45, 2.75) is 37.9 Å². The lowest BCUT2D eigenvalue weighted by atomic mass is 10.1. The van der Waals surface area contributed by atoms with E-state index in [0.717, 1.165) is 0 Å². The standard InChI is InChI=1S/C16H19N3O4/c1-2-12-15(21)19-9-10(8-13(19)14(20)18-12)17-16(22)23-11-6-4-3-5-7-11/h3-7,10,12-13H,2,8-9H2,1H3,(H,17,22)(H,18,20)/t10-,12-,13-/m0/s1. The van der Waals surface area contributed by atoms with Gasteiger partial charge in [-0.15, -0.1) is 0 Å². The van der Waals surface area contributed by atoms with Crippen molar-refractivity contribution in [1.82, 2.24) is 15.5 Å². The number of benzene rings is 1. The number of ether oxygens (including phenoxy) is 1. The monoisotopic (exact) mass is 317 g/mol. The van der Waals surface area contributed by atoms with Gasteiger partial charge in [0.25, 0.3) is 0 Å². The fourth-order valence-corrected chi connectivity index (χ4v) is 3.03. The molecule has 7 heteroatoms. The Balaban J connectivity index is 1.60. The highest BCUT2D eigenvalue weighted by atomic mass is 16.6. The first kappa shape index (κ1) is 15.3. The van der Waals surface area contributed by atoms with E-state index in [-0.39, 0.29) is 17.9 Å². The number of para-hydroxylation sites is 1. The van der Waals surface area contributed by atoms with Crippen LogP contribution in [0.3, 0.4) is 0 Å². The fraction of sp³-hybridized carbons (Fsp3) is 0.438. The van der Waals surface area contributed by atoms with Crippen LogP contribution in [0.15, 0.2) is 30.3 Å². The molecule has 23 heavy (non-hydrogen) atoms. The second-order valence-electron chi connectivity index (χ2n) is 5.76. The molecule has 1 aromatic carbocycles. The van der Waals surface area contributed by atoms with E-state index in [1.54, 1.807) is 29.2 Å². The number of carbonyl (C=O) groups excluding carboxylic acids is 3. The lowest BCUT2D eigenvalue weighted by Crippen LogP contribution is -2.60. The molecule has 122 valence electrons. The van der Waals surface area contributed by atoms with E-state index in [0.29, 0.717) is 25.1 Å². The van der Waals surface area contributed by atoms with Crippen LogP contribution in [0.5, 0.6) is 5.75 Å². The first-order valence-corrected chi connectivity index (χ1v) is 7.72. The number of nitrogens with zero attached hydrogens (tertiary/aromatic N) is 1. The van der Waals surface area contributed by atoms with Crippen molar-refractivity contribution >= 4 is 17.9 Å². The third-order valence-electron chi connectivity index (χ3n) is 4.19. The lowest BCUT2D eigenvalue weighted by molar-refractivity contribution is -0.147. The Hall–Kier alpha value is -2.57. The number of amides is 3. The van der Waals surface area contributed by atoms with Gasteiger partial charge in [0, 0.05) is 6.54 Å². The van der Waals surface area contributed by atoms with Gasteiger partial charge >= 0.3 is 6.09 Å². The summed E-state index contributed by atoms with van der Waals surface area (Å²) in [6.45, 7) is 2.18. The maximum absolute atomic E-state index is 12.3.